The van der Waals surface area contributed by atoms with Crippen LogP contribution in [0.4, 0.5) is 0 Å². The maximum atomic E-state index is 11.1. The van der Waals surface area contributed by atoms with Crippen LogP contribution in [0.5, 0.6) is 11.6 Å². The van der Waals surface area contributed by atoms with Crippen LogP contribution in [0.15, 0.2) is 17.5 Å². The van der Waals surface area contributed by atoms with E-state index in [4.69, 9.17) is 15.2 Å². The SMILES string of the molecule is CCOc1nc(/C(N)=C/S(C)(=O)=O)ccc1OC. The second kappa shape index (κ2) is 5.72. The highest BCUT2D eigenvalue weighted by molar-refractivity contribution is 7.93. The van der Waals surface area contributed by atoms with Gasteiger partial charge in [-0.3, -0.25) is 0 Å². The molecule has 0 aliphatic rings. The molecule has 0 aliphatic heterocycles. The van der Waals surface area contributed by atoms with Crippen LogP contribution in [0.25, 0.3) is 5.70 Å². The molecule has 0 aliphatic carbocycles. The monoisotopic (exact) mass is 272 g/mol. The first-order chi connectivity index (χ1) is 8.37. The van der Waals surface area contributed by atoms with E-state index in [1.165, 1.54) is 7.11 Å². The van der Waals surface area contributed by atoms with Crippen molar-refractivity contribution in [2.75, 3.05) is 20.0 Å². The van der Waals surface area contributed by atoms with Gasteiger partial charge in [-0.2, -0.15) is 0 Å². The number of hydrogen-bond donors (Lipinski definition) is 1. The molecular formula is C11H16N2O4S. The number of hydrogen-bond acceptors (Lipinski definition) is 6. The minimum atomic E-state index is -3.31. The first kappa shape index (κ1) is 14.3. The molecule has 0 saturated carbocycles. The van der Waals surface area contributed by atoms with Crippen molar-refractivity contribution in [1.82, 2.24) is 4.98 Å². The molecule has 7 heteroatoms. The molecule has 0 unspecified atom stereocenters. The van der Waals surface area contributed by atoms with E-state index in [0.29, 0.717) is 18.1 Å². The summed E-state index contributed by atoms with van der Waals surface area (Å²) >= 11 is 0. The number of nitrogens with zero attached hydrogens (tertiary/aromatic N) is 1. The minimum absolute atomic E-state index is 0.0566. The molecule has 0 fully saturated rings. The Balaban J connectivity index is 3.19. The van der Waals surface area contributed by atoms with Crippen molar-refractivity contribution in [3.05, 3.63) is 23.2 Å². The lowest BCUT2D eigenvalue weighted by Gasteiger charge is -2.09. The van der Waals surface area contributed by atoms with Gasteiger partial charge in [0.25, 0.3) is 5.88 Å². The average Bonchev–Trinajstić information content (AvgIpc) is 2.27. The fourth-order valence-corrected chi connectivity index (χ4v) is 1.86. The summed E-state index contributed by atoms with van der Waals surface area (Å²) in [4.78, 5) is 4.11. The Bertz CT molecular complexity index is 552. The van der Waals surface area contributed by atoms with E-state index in [2.05, 4.69) is 4.98 Å². The second-order valence-corrected chi connectivity index (χ2v) is 5.43. The number of sulfone groups is 1. The van der Waals surface area contributed by atoms with Gasteiger partial charge in [0, 0.05) is 6.26 Å². The van der Waals surface area contributed by atoms with Gasteiger partial charge >= 0.3 is 0 Å². The number of pyridine rings is 1. The molecule has 18 heavy (non-hydrogen) atoms. The van der Waals surface area contributed by atoms with Gasteiger partial charge in [0.2, 0.25) is 0 Å². The van der Waals surface area contributed by atoms with Gasteiger partial charge < -0.3 is 15.2 Å². The van der Waals surface area contributed by atoms with Crippen molar-refractivity contribution in [2.45, 2.75) is 6.92 Å². The van der Waals surface area contributed by atoms with E-state index in [0.717, 1.165) is 11.7 Å². The molecule has 100 valence electrons. The summed E-state index contributed by atoms with van der Waals surface area (Å²) in [6.45, 7) is 2.23. The zero-order valence-corrected chi connectivity index (χ0v) is 11.3. The van der Waals surface area contributed by atoms with Crippen LogP contribution >= 0.6 is 0 Å². The van der Waals surface area contributed by atoms with Crippen molar-refractivity contribution in [3.63, 3.8) is 0 Å². The minimum Gasteiger partial charge on any atom is -0.491 e. The predicted octanol–water partition coefficient (Wildman–Crippen LogP) is 0.791. The molecule has 0 spiro atoms. The molecule has 0 amide bonds. The maximum Gasteiger partial charge on any atom is 0.257 e. The predicted molar refractivity (Wildman–Crippen MR) is 69.0 cm³/mol. The molecule has 1 heterocycles. The maximum absolute atomic E-state index is 11.1. The molecule has 1 aromatic heterocycles. The van der Waals surface area contributed by atoms with Crippen LogP contribution in [0, 0.1) is 0 Å². The van der Waals surface area contributed by atoms with Crippen molar-refractivity contribution < 1.29 is 17.9 Å². The lowest BCUT2D eigenvalue weighted by molar-refractivity contribution is 0.298. The van der Waals surface area contributed by atoms with Crippen LogP contribution in [-0.4, -0.2) is 33.4 Å². The van der Waals surface area contributed by atoms with Gasteiger partial charge in [0.1, 0.15) is 0 Å². The van der Waals surface area contributed by atoms with E-state index in [1.54, 1.807) is 12.1 Å². The van der Waals surface area contributed by atoms with Gasteiger partial charge in [-0.05, 0) is 19.1 Å². The Kier molecular flexibility index (Phi) is 4.55. The highest BCUT2D eigenvalue weighted by atomic mass is 32.2. The van der Waals surface area contributed by atoms with Crippen molar-refractivity contribution >= 4 is 15.5 Å². The van der Waals surface area contributed by atoms with Crippen LogP contribution in [-0.2, 0) is 9.84 Å². The number of rotatable bonds is 5. The molecular weight excluding hydrogens is 256 g/mol. The zero-order valence-electron chi connectivity index (χ0n) is 10.5. The van der Waals surface area contributed by atoms with Gasteiger partial charge in [0.15, 0.2) is 15.6 Å². The van der Waals surface area contributed by atoms with E-state index in [9.17, 15) is 8.42 Å². The summed E-state index contributed by atoms with van der Waals surface area (Å²) in [5.41, 5.74) is 6.04. The molecule has 0 bridgehead atoms. The summed E-state index contributed by atoms with van der Waals surface area (Å²) in [6.07, 6.45) is 1.06. The average molecular weight is 272 g/mol. The van der Waals surface area contributed by atoms with Gasteiger partial charge in [0.05, 0.1) is 30.5 Å². The van der Waals surface area contributed by atoms with Crippen molar-refractivity contribution in [3.8, 4) is 11.6 Å². The number of methoxy groups -OCH3 is 1. The first-order valence-electron chi connectivity index (χ1n) is 5.22. The van der Waals surface area contributed by atoms with E-state index in [1.807, 2.05) is 6.92 Å². The van der Waals surface area contributed by atoms with Crippen molar-refractivity contribution in [1.29, 1.82) is 0 Å². The standard InChI is InChI=1S/C11H16N2O4S/c1-4-17-11-10(16-2)6-5-9(13-11)8(12)7-18(3,14)15/h5-7H,4,12H2,1-3H3/b8-7-. The summed E-state index contributed by atoms with van der Waals surface area (Å²) in [7, 11) is -1.82. The lowest BCUT2D eigenvalue weighted by Crippen LogP contribution is -2.05. The third-order valence-electron chi connectivity index (χ3n) is 1.96. The Morgan fingerprint density at radius 2 is 2.17 bits per heavy atom. The Labute approximate surface area is 106 Å². The van der Waals surface area contributed by atoms with Crippen LogP contribution < -0.4 is 15.2 Å². The quantitative estimate of drug-likeness (QED) is 0.852. The number of aromatic nitrogens is 1. The topological polar surface area (TPSA) is 91.5 Å². The largest absolute Gasteiger partial charge is 0.491 e. The summed E-state index contributed by atoms with van der Waals surface area (Å²) in [6, 6.07) is 3.19. The second-order valence-electron chi connectivity index (χ2n) is 3.54. The molecule has 0 atom stereocenters. The fourth-order valence-electron chi connectivity index (χ4n) is 1.27. The normalized spacial score (nSPS) is 12.3. The molecule has 0 saturated heterocycles. The zero-order chi connectivity index (χ0) is 13.8. The van der Waals surface area contributed by atoms with E-state index in [-0.39, 0.29) is 11.6 Å². The van der Waals surface area contributed by atoms with Crippen LogP contribution in [0.3, 0.4) is 0 Å². The summed E-state index contributed by atoms with van der Waals surface area (Å²) in [5.74, 6) is 0.745. The first-order valence-corrected chi connectivity index (χ1v) is 7.18. The number of nitrogens with two attached hydrogens (primary N) is 1. The number of ether oxygens (including phenoxy) is 2. The molecule has 1 aromatic rings. The van der Waals surface area contributed by atoms with Gasteiger partial charge in [-0.1, -0.05) is 0 Å². The molecule has 6 nitrogen and oxygen atoms in total. The summed E-state index contributed by atoms with van der Waals surface area (Å²) < 4.78 is 32.6. The molecule has 2 N–H and O–H groups in total. The van der Waals surface area contributed by atoms with Crippen LogP contribution in [0.2, 0.25) is 0 Å². The third kappa shape index (κ3) is 3.92. The highest BCUT2D eigenvalue weighted by Crippen LogP contribution is 2.25. The fraction of sp³-hybridized carbons (Fsp3) is 0.364. The molecule has 0 radical (unpaired) electrons. The lowest BCUT2D eigenvalue weighted by atomic mass is 10.3. The van der Waals surface area contributed by atoms with Gasteiger partial charge in [-0.25, -0.2) is 13.4 Å². The Hall–Kier alpha value is -1.76. The van der Waals surface area contributed by atoms with E-state index >= 15 is 0 Å². The van der Waals surface area contributed by atoms with Crippen LogP contribution in [0.1, 0.15) is 12.6 Å². The van der Waals surface area contributed by atoms with E-state index < -0.39 is 9.84 Å². The Morgan fingerprint density at radius 1 is 1.50 bits per heavy atom. The smallest absolute Gasteiger partial charge is 0.257 e. The molecule has 0 aromatic carbocycles. The van der Waals surface area contributed by atoms with Gasteiger partial charge in [-0.15, -0.1) is 0 Å². The third-order valence-corrected chi connectivity index (χ3v) is 2.65. The summed E-state index contributed by atoms with van der Waals surface area (Å²) in [5, 5.41) is 0.956. The highest BCUT2D eigenvalue weighted by Gasteiger charge is 2.10. The molecule has 1 rings (SSSR count). The van der Waals surface area contributed by atoms with Crippen molar-refractivity contribution in [2.24, 2.45) is 5.73 Å². The Morgan fingerprint density at radius 3 is 2.67 bits per heavy atom.